The molecule has 0 spiro atoms. The normalized spacial score (nSPS) is 10.4. The Balaban J connectivity index is 1.70. The van der Waals surface area contributed by atoms with E-state index in [2.05, 4.69) is 25.5 Å². The van der Waals surface area contributed by atoms with Crippen molar-refractivity contribution in [2.75, 3.05) is 5.32 Å². The zero-order chi connectivity index (χ0) is 12.2. The largest absolute Gasteiger partial charge is 0.403 e. The third-order valence-corrected chi connectivity index (χ3v) is 3.01. The molecule has 3 heterocycles. The van der Waals surface area contributed by atoms with E-state index in [4.69, 9.17) is 4.42 Å². The van der Waals surface area contributed by atoms with Gasteiger partial charge in [0.05, 0.1) is 6.54 Å². The van der Waals surface area contributed by atoms with Crippen molar-refractivity contribution in [2.45, 2.75) is 6.54 Å². The molecule has 0 aliphatic carbocycles. The monoisotopic (exact) mass is 259 g/mol. The minimum absolute atomic E-state index is 0.386. The summed E-state index contributed by atoms with van der Waals surface area (Å²) in [5, 5.41) is 13.8. The quantitative estimate of drug-likeness (QED) is 0.774. The van der Waals surface area contributed by atoms with E-state index in [9.17, 15) is 0 Å². The van der Waals surface area contributed by atoms with E-state index in [-0.39, 0.29) is 0 Å². The SMILES string of the molecule is c1cc(-c2nnc(NCc3nccs3)o2)ccn1. The molecule has 0 bridgehead atoms. The number of rotatable bonds is 4. The van der Waals surface area contributed by atoms with Crippen molar-refractivity contribution in [3.8, 4) is 11.5 Å². The molecule has 18 heavy (non-hydrogen) atoms. The lowest BCUT2D eigenvalue weighted by Gasteiger charge is -1.96. The summed E-state index contributed by atoms with van der Waals surface area (Å²) in [5.41, 5.74) is 0.847. The van der Waals surface area contributed by atoms with Gasteiger partial charge in [-0.15, -0.1) is 16.4 Å². The van der Waals surface area contributed by atoms with Gasteiger partial charge in [0.15, 0.2) is 0 Å². The van der Waals surface area contributed by atoms with Gasteiger partial charge in [-0.05, 0) is 12.1 Å². The number of nitrogens with zero attached hydrogens (tertiary/aromatic N) is 4. The first kappa shape index (κ1) is 10.8. The molecular formula is C11H9N5OS. The van der Waals surface area contributed by atoms with E-state index >= 15 is 0 Å². The van der Waals surface area contributed by atoms with Crippen molar-refractivity contribution >= 4 is 17.4 Å². The standard InChI is InChI=1S/C11H9N5OS/c1-3-12-4-2-8(1)10-15-16-11(17-10)14-7-9-13-5-6-18-9/h1-6H,7H2,(H,14,16). The summed E-state index contributed by atoms with van der Waals surface area (Å²) in [6.45, 7) is 0.579. The highest BCUT2D eigenvalue weighted by Crippen LogP contribution is 2.19. The molecular weight excluding hydrogens is 250 g/mol. The van der Waals surface area contributed by atoms with Crippen LogP contribution in [0.2, 0.25) is 0 Å². The highest BCUT2D eigenvalue weighted by atomic mass is 32.1. The smallest absolute Gasteiger partial charge is 0.316 e. The van der Waals surface area contributed by atoms with Crippen LogP contribution in [0.4, 0.5) is 6.01 Å². The van der Waals surface area contributed by atoms with Crippen molar-refractivity contribution in [3.05, 3.63) is 41.1 Å². The van der Waals surface area contributed by atoms with Crippen molar-refractivity contribution in [3.63, 3.8) is 0 Å². The van der Waals surface area contributed by atoms with Crippen molar-refractivity contribution in [2.24, 2.45) is 0 Å². The minimum Gasteiger partial charge on any atom is -0.403 e. The van der Waals surface area contributed by atoms with Gasteiger partial charge in [-0.2, -0.15) is 0 Å². The fraction of sp³-hybridized carbons (Fsp3) is 0.0909. The number of aromatic nitrogens is 4. The summed E-state index contributed by atoms with van der Waals surface area (Å²) in [5.74, 6) is 0.471. The molecule has 0 saturated heterocycles. The Hall–Kier alpha value is -2.28. The molecule has 0 aliphatic heterocycles. The van der Waals surface area contributed by atoms with Crippen LogP contribution in [0.25, 0.3) is 11.5 Å². The van der Waals surface area contributed by atoms with Gasteiger partial charge in [-0.3, -0.25) is 4.98 Å². The topological polar surface area (TPSA) is 76.7 Å². The molecule has 1 N–H and O–H groups in total. The Morgan fingerprint density at radius 3 is 2.83 bits per heavy atom. The molecule has 0 unspecified atom stereocenters. The highest BCUT2D eigenvalue weighted by Gasteiger charge is 2.07. The first-order valence-corrected chi connectivity index (χ1v) is 6.16. The lowest BCUT2D eigenvalue weighted by molar-refractivity contribution is 0.580. The van der Waals surface area contributed by atoms with Crippen LogP contribution in [0.5, 0.6) is 0 Å². The van der Waals surface area contributed by atoms with Crippen LogP contribution in [0.3, 0.4) is 0 Å². The molecule has 6 nitrogen and oxygen atoms in total. The van der Waals surface area contributed by atoms with Crippen LogP contribution in [-0.4, -0.2) is 20.2 Å². The Kier molecular flexibility index (Phi) is 2.97. The van der Waals surface area contributed by atoms with Crippen molar-refractivity contribution < 1.29 is 4.42 Å². The molecule has 3 rings (SSSR count). The molecule has 0 atom stereocenters. The van der Waals surface area contributed by atoms with Crippen LogP contribution < -0.4 is 5.32 Å². The minimum atomic E-state index is 0.386. The number of nitrogens with one attached hydrogen (secondary N) is 1. The van der Waals surface area contributed by atoms with E-state index in [0.29, 0.717) is 18.5 Å². The van der Waals surface area contributed by atoms with Crippen molar-refractivity contribution in [1.29, 1.82) is 0 Å². The van der Waals surface area contributed by atoms with E-state index in [1.165, 1.54) is 0 Å². The molecule has 3 aromatic rings. The van der Waals surface area contributed by atoms with Crippen LogP contribution in [-0.2, 0) is 6.54 Å². The van der Waals surface area contributed by atoms with Gasteiger partial charge in [0.1, 0.15) is 5.01 Å². The number of anilines is 1. The molecule has 0 amide bonds. The first-order chi connectivity index (χ1) is 8.92. The van der Waals surface area contributed by atoms with E-state index in [1.807, 2.05) is 17.5 Å². The van der Waals surface area contributed by atoms with Crippen LogP contribution in [0.15, 0.2) is 40.5 Å². The molecule has 7 heteroatoms. The summed E-state index contributed by atoms with van der Waals surface area (Å²) in [4.78, 5) is 8.09. The highest BCUT2D eigenvalue weighted by molar-refractivity contribution is 7.09. The molecule has 90 valence electrons. The zero-order valence-electron chi connectivity index (χ0n) is 9.28. The Bertz CT molecular complexity index is 607. The van der Waals surface area contributed by atoms with Gasteiger partial charge >= 0.3 is 6.01 Å². The van der Waals surface area contributed by atoms with Gasteiger partial charge in [0, 0.05) is 29.5 Å². The number of hydrogen-bond acceptors (Lipinski definition) is 7. The maximum Gasteiger partial charge on any atom is 0.316 e. The van der Waals surface area contributed by atoms with E-state index in [1.54, 1.807) is 29.9 Å². The predicted octanol–water partition coefficient (Wildman–Crippen LogP) is 2.20. The van der Waals surface area contributed by atoms with Crippen molar-refractivity contribution in [1.82, 2.24) is 20.2 Å². The predicted molar refractivity (Wildman–Crippen MR) is 67.0 cm³/mol. The number of pyridine rings is 1. The average Bonchev–Trinajstić information content (AvgIpc) is 3.09. The maximum absolute atomic E-state index is 5.48. The van der Waals surface area contributed by atoms with Gasteiger partial charge in [0.25, 0.3) is 0 Å². The third-order valence-electron chi connectivity index (χ3n) is 2.23. The Morgan fingerprint density at radius 2 is 2.06 bits per heavy atom. The average molecular weight is 259 g/mol. The Labute approximate surface area is 107 Å². The second kappa shape index (κ2) is 4.92. The van der Waals surface area contributed by atoms with Crippen LogP contribution in [0, 0.1) is 0 Å². The second-order valence-corrected chi connectivity index (χ2v) is 4.41. The lowest BCUT2D eigenvalue weighted by atomic mass is 10.3. The van der Waals surface area contributed by atoms with Gasteiger partial charge < -0.3 is 9.73 Å². The second-order valence-electron chi connectivity index (χ2n) is 3.43. The summed E-state index contributed by atoms with van der Waals surface area (Å²) in [6.07, 6.45) is 5.13. The fourth-order valence-electron chi connectivity index (χ4n) is 1.40. The van der Waals surface area contributed by atoms with Gasteiger partial charge in [-0.1, -0.05) is 5.10 Å². The molecule has 0 aromatic carbocycles. The lowest BCUT2D eigenvalue weighted by Crippen LogP contribution is -1.98. The first-order valence-electron chi connectivity index (χ1n) is 5.28. The molecule has 3 aromatic heterocycles. The summed E-state index contributed by atoms with van der Waals surface area (Å²) < 4.78 is 5.48. The summed E-state index contributed by atoms with van der Waals surface area (Å²) in [7, 11) is 0. The number of thiazole rings is 1. The van der Waals surface area contributed by atoms with E-state index < -0.39 is 0 Å². The third kappa shape index (κ3) is 2.35. The molecule has 0 fully saturated rings. The van der Waals surface area contributed by atoms with E-state index in [0.717, 1.165) is 10.6 Å². The Morgan fingerprint density at radius 1 is 1.17 bits per heavy atom. The maximum atomic E-state index is 5.48. The summed E-state index contributed by atoms with van der Waals surface area (Å²) >= 11 is 1.57. The summed E-state index contributed by atoms with van der Waals surface area (Å²) in [6, 6.07) is 4.02. The number of hydrogen-bond donors (Lipinski definition) is 1. The van der Waals surface area contributed by atoms with Crippen LogP contribution in [0.1, 0.15) is 5.01 Å². The zero-order valence-corrected chi connectivity index (χ0v) is 10.1. The fourth-order valence-corrected chi connectivity index (χ4v) is 1.95. The molecule has 0 saturated carbocycles. The molecule has 0 radical (unpaired) electrons. The van der Waals surface area contributed by atoms with Gasteiger partial charge in [-0.25, -0.2) is 4.98 Å². The molecule has 0 aliphatic rings. The van der Waals surface area contributed by atoms with Crippen LogP contribution >= 0.6 is 11.3 Å². The van der Waals surface area contributed by atoms with Gasteiger partial charge in [0.2, 0.25) is 5.89 Å².